The molecule has 1 aromatic heterocycles. The van der Waals surface area contributed by atoms with E-state index >= 15 is 0 Å². The molecule has 1 N–H and O–H groups in total. The summed E-state index contributed by atoms with van der Waals surface area (Å²) in [6.45, 7) is 2.83. The molecule has 0 radical (unpaired) electrons. The second-order valence-electron chi connectivity index (χ2n) is 5.31. The minimum atomic E-state index is -0.468. The van der Waals surface area contributed by atoms with E-state index in [1.54, 1.807) is 30.0 Å². The van der Waals surface area contributed by atoms with Crippen molar-refractivity contribution in [2.75, 3.05) is 13.1 Å². The largest absolute Gasteiger partial charge is 0.448 e. The third-order valence-corrected chi connectivity index (χ3v) is 3.90. The van der Waals surface area contributed by atoms with E-state index < -0.39 is 11.9 Å². The third kappa shape index (κ3) is 2.18. The Labute approximate surface area is 115 Å². The number of aliphatic hydroxyl groups is 1. The van der Waals surface area contributed by atoms with Crippen LogP contribution in [0.1, 0.15) is 23.9 Å². The molecule has 1 fully saturated rings. The first-order chi connectivity index (χ1) is 9.56. The lowest BCUT2D eigenvalue weighted by Crippen LogP contribution is -2.30. The lowest BCUT2D eigenvalue weighted by atomic mass is 10.0. The lowest BCUT2D eigenvalue weighted by Gasteiger charge is -2.16. The van der Waals surface area contributed by atoms with Crippen LogP contribution in [-0.2, 0) is 0 Å². The van der Waals surface area contributed by atoms with Crippen molar-refractivity contribution >= 4 is 16.9 Å². The van der Waals surface area contributed by atoms with Gasteiger partial charge in [-0.25, -0.2) is 4.39 Å². The average molecular weight is 277 g/mol. The van der Waals surface area contributed by atoms with Gasteiger partial charge in [-0.15, -0.1) is 0 Å². The summed E-state index contributed by atoms with van der Waals surface area (Å²) in [6, 6.07) is 6.16. The fourth-order valence-electron chi connectivity index (χ4n) is 2.65. The maximum Gasteiger partial charge on any atom is 0.289 e. The van der Waals surface area contributed by atoms with E-state index in [4.69, 9.17) is 4.42 Å². The molecule has 1 aliphatic rings. The Morgan fingerprint density at radius 3 is 3.00 bits per heavy atom. The fourth-order valence-corrected chi connectivity index (χ4v) is 2.65. The highest BCUT2D eigenvalue weighted by Gasteiger charge is 2.31. The van der Waals surface area contributed by atoms with Crippen molar-refractivity contribution in [2.24, 2.45) is 5.92 Å². The van der Waals surface area contributed by atoms with E-state index in [1.807, 2.05) is 0 Å². The smallest absolute Gasteiger partial charge is 0.289 e. The van der Waals surface area contributed by atoms with Gasteiger partial charge in [0.25, 0.3) is 5.91 Å². The number of aliphatic hydroxyl groups excluding tert-OH is 1. The molecule has 2 unspecified atom stereocenters. The predicted molar refractivity (Wildman–Crippen MR) is 71.9 cm³/mol. The molecule has 0 bridgehead atoms. The minimum absolute atomic E-state index is 0.0973. The van der Waals surface area contributed by atoms with E-state index in [2.05, 4.69) is 0 Å². The van der Waals surface area contributed by atoms with E-state index in [1.165, 1.54) is 6.07 Å². The Hall–Kier alpha value is -1.88. The number of fused-ring (bicyclic) bond motifs is 1. The molecule has 2 heterocycles. The van der Waals surface area contributed by atoms with Gasteiger partial charge in [-0.1, -0.05) is 12.1 Å². The summed E-state index contributed by atoms with van der Waals surface area (Å²) >= 11 is 0. The molecule has 106 valence electrons. The molecular weight excluding hydrogens is 261 g/mol. The van der Waals surface area contributed by atoms with E-state index in [0.717, 1.165) is 6.42 Å². The standard InChI is InChI=1S/C15H16FNO3/c1-9(18)11-5-6-17(8-11)15(19)13-7-10-3-2-4-12(16)14(10)20-13/h2-4,7,9,11,18H,5-6,8H2,1H3. The second kappa shape index (κ2) is 4.90. The number of amides is 1. The first-order valence-corrected chi connectivity index (χ1v) is 6.71. The minimum Gasteiger partial charge on any atom is -0.448 e. The van der Waals surface area contributed by atoms with Crippen LogP contribution in [0.4, 0.5) is 4.39 Å². The van der Waals surface area contributed by atoms with Gasteiger partial charge in [0.2, 0.25) is 0 Å². The van der Waals surface area contributed by atoms with Gasteiger partial charge in [0.05, 0.1) is 6.10 Å². The van der Waals surface area contributed by atoms with Crippen molar-refractivity contribution < 1.29 is 18.7 Å². The molecule has 1 amide bonds. The number of para-hydroxylation sites is 1. The van der Waals surface area contributed by atoms with Gasteiger partial charge < -0.3 is 14.4 Å². The topological polar surface area (TPSA) is 53.7 Å². The molecule has 4 nitrogen and oxygen atoms in total. The molecule has 2 atom stereocenters. The summed E-state index contributed by atoms with van der Waals surface area (Å²) < 4.78 is 18.9. The van der Waals surface area contributed by atoms with Crippen molar-refractivity contribution in [1.82, 2.24) is 4.90 Å². The molecular formula is C15H16FNO3. The molecule has 0 spiro atoms. The van der Waals surface area contributed by atoms with Gasteiger partial charge >= 0.3 is 0 Å². The Bertz CT molecular complexity index is 650. The number of hydrogen-bond acceptors (Lipinski definition) is 3. The van der Waals surface area contributed by atoms with Gasteiger partial charge in [-0.05, 0) is 25.5 Å². The third-order valence-electron chi connectivity index (χ3n) is 3.90. The molecule has 5 heteroatoms. The Morgan fingerprint density at radius 2 is 2.35 bits per heavy atom. The number of likely N-dealkylation sites (tertiary alicyclic amines) is 1. The summed E-state index contributed by atoms with van der Waals surface area (Å²) in [5.74, 6) is -0.468. The number of halogens is 1. The van der Waals surface area contributed by atoms with Crippen molar-refractivity contribution in [2.45, 2.75) is 19.4 Å². The van der Waals surface area contributed by atoms with Crippen LogP contribution in [0.25, 0.3) is 11.0 Å². The van der Waals surface area contributed by atoms with Gasteiger partial charge in [0, 0.05) is 24.4 Å². The number of carbonyl (C=O) groups excluding carboxylic acids is 1. The summed E-state index contributed by atoms with van der Waals surface area (Å²) in [5, 5.41) is 10.1. The van der Waals surface area contributed by atoms with Crippen LogP contribution in [0.15, 0.2) is 28.7 Å². The van der Waals surface area contributed by atoms with E-state index in [-0.39, 0.29) is 23.2 Å². The summed E-state index contributed by atoms with van der Waals surface area (Å²) in [7, 11) is 0. The highest BCUT2D eigenvalue weighted by atomic mass is 19.1. The molecule has 1 aliphatic heterocycles. The van der Waals surface area contributed by atoms with Crippen molar-refractivity contribution in [1.29, 1.82) is 0 Å². The Kier molecular flexibility index (Phi) is 3.22. The second-order valence-corrected chi connectivity index (χ2v) is 5.31. The number of rotatable bonds is 2. The highest BCUT2D eigenvalue weighted by Crippen LogP contribution is 2.26. The zero-order chi connectivity index (χ0) is 14.3. The van der Waals surface area contributed by atoms with Gasteiger partial charge in [-0.2, -0.15) is 0 Å². The number of carbonyl (C=O) groups is 1. The van der Waals surface area contributed by atoms with Gasteiger partial charge in [0.1, 0.15) is 0 Å². The zero-order valence-electron chi connectivity index (χ0n) is 11.2. The lowest BCUT2D eigenvalue weighted by molar-refractivity contribution is 0.0734. The maximum absolute atomic E-state index is 13.6. The van der Waals surface area contributed by atoms with Crippen molar-refractivity contribution in [3.05, 3.63) is 35.8 Å². The molecule has 1 saturated heterocycles. The first kappa shape index (κ1) is 13.1. The summed E-state index contributed by atoms with van der Waals surface area (Å²) in [4.78, 5) is 14.0. The van der Waals surface area contributed by atoms with Crippen molar-refractivity contribution in [3.63, 3.8) is 0 Å². The van der Waals surface area contributed by atoms with Crippen LogP contribution in [0.3, 0.4) is 0 Å². The van der Waals surface area contributed by atoms with Crippen LogP contribution >= 0.6 is 0 Å². The molecule has 0 aliphatic carbocycles. The predicted octanol–water partition coefficient (Wildman–Crippen LogP) is 2.41. The van der Waals surface area contributed by atoms with Gasteiger partial charge in [0.15, 0.2) is 17.2 Å². The molecule has 2 aromatic rings. The molecule has 0 saturated carbocycles. The quantitative estimate of drug-likeness (QED) is 0.917. The SMILES string of the molecule is CC(O)C1CCN(C(=O)c2cc3cccc(F)c3o2)C1. The monoisotopic (exact) mass is 277 g/mol. The molecule has 1 aromatic carbocycles. The molecule has 20 heavy (non-hydrogen) atoms. The van der Waals surface area contributed by atoms with Crippen LogP contribution in [0.5, 0.6) is 0 Å². The van der Waals surface area contributed by atoms with Crippen LogP contribution in [0, 0.1) is 11.7 Å². The number of furan rings is 1. The first-order valence-electron chi connectivity index (χ1n) is 6.71. The number of nitrogens with zero attached hydrogens (tertiary/aromatic N) is 1. The summed E-state index contributed by atoms with van der Waals surface area (Å²) in [5.41, 5.74) is 0.113. The number of hydrogen-bond donors (Lipinski definition) is 1. The van der Waals surface area contributed by atoms with Crippen LogP contribution < -0.4 is 0 Å². The van der Waals surface area contributed by atoms with Crippen molar-refractivity contribution in [3.8, 4) is 0 Å². The highest BCUT2D eigenvalue weighted by molar-refractivity contribution is 5.96. The average Bonchev–Trinajstić information content (AvgIpc) is 3.05. The summed E-state index contributed by atoms with van der Waals surface area (Å²) in [6.07, 6.45) is 0.346. The maximum atomic E-state index is 13.6. The Balaban J connectivity index is 1.84. The normalized spacial score (nSPS) is 20.6. The van der Waals surface area contributed by atoms with Crippen LogP contribution in [0.2, 0.25) is 0 Å². The fraction of sp³-hybridized carbons (Fsp3) is 0.400. The van der Waals surface area contributed by atoms with E-state index in [9.17, 15) is 14.3 Å². The van der Waals surface area contributed by atoms with Crippen LogP contribution in [-0.4, -0.2) is 35.1 Å². The number of benzene rings is 1. The van der Waals surface area contributed by atoms with E-state index in [0.29, 0.717) is 18.5 Å². The molecule has 3 rings (SSSR count). The Morgan fingerprint density at radius 1 is 1.55 bits per heavy atom. The zero-order valence-corrected chi connectivity index (χ0v) is 11.2. The van der Waals surface area contributed by atoms with Gasteiger partial charge in [-0.3, -0.25) is 4.79 Å².